The van der Waals surface area contributed by atoms with Crippen molar-refractivity contribution in [2.75, 3.05) is 26.7 Å². The van der Waals surface area contributed by atoms with E-state index in [1.54, 1.807) is 11.3 Å². The molecule has 6 nitrogen and oxygen atoms in total. The fourth-order valence-electron chi connectivity index (χ4n) is 3.01. The molecule has 0 amide bonds. The lowest BCUT2D eigenvalue weighted by Gasteiger charge is -2.23. The predicted molar refractivity (Wildman–Crippen MR) is 91.5 cm³/mol. The largest absolute Gasteiger partial charge is 0.355 e. The Labute approximate surface area is 135 Å². The number of hydrogen-bond donors (Lipinski definition) is 2. The van der Waals surface area contributed by atoms with Crippen molar-refractivity contribution < 1.29 is 0 Å². The minimum absolute atomic E-state index is 0.626. The van der Waals surface area contributed by atoms with Crippen molar-refractivity contribution in [3.05, 3.63) is 23.5 Å². The van der Waals surface area contributed by atoms with Crippen molar-refractivity contribution in [3.8, 4) is 0 Å². The van der Waals surface area contributed by atoms with Crippen LogP contribution in [0.4, 0.5) is 0 Å². The van der Waals surface area contributed by atoms with Crippen LogP contribution in [0.2, 0.25) is 0 Å². The summed E-state index contributed by atoms with van der Waals surface area (Å²) in [6.07, 6.45) is 6.66. The number of imidazole rings is 1. The topological polar surface area (TPSA) is 57.0 Å². The summed E-state index contributed by atoms with van der Waals surface area (Å²) in [5, 5.41) is 8.82. The molecule has 0 bridgehead atoms. The van der Waals surface area contributed by atoms with Crippen LogP contribution in [0.1, 0.15) is 25.5 Å². The second kappa shape index (κ2) is 7.11. The molecule has 22 heavy (non-hydrogen) atoms. The Balaban J connectivity index is 1.48. The predicted octanol–water partition coefficient (Wildman–Crippen LogP) is 1.55. The van der Waals surface area contributed by atoms with Gasteiger partial charge in [0.1, 0.15) is 0 Å². The molecule has 120 valence electrons. The highest BCUT2D eigenvalue weighted by atomic mass is 32.1. The van der Waals surface area contributed by atoms with Crippen molar-refractivity contribution in [1.82, 2.24) is 24.9 Å². The summed E-state index contributed by atoms with van der Waals surface area (Å²) in [5.74, 6) is 0.847. The Bertz CT molecular complexity index is 602. The minimum Gasteiger partial charge on any atom is -0.355 e. The molecule has 1 aliphatic heterocycles. The van der Waals surface area contributed by atoms with Gasteiger partial charge in [0.25, 0.3) is 0 Å². The molecule has 2 aromatic heterocycles. The fraction of sp³-hybridized carbons (Fsp3) is 0.600. The number of thiazole rings is 1. The van der Waals surface area contributed by atoms with E-state index in [4.69, 9.17) is 0 Å². The third-order valence-electron chi connectivity index (χ3n) is 4.21. The van der Waals surface area contributed by atoms with Crippen molar-refractivity contribution in [1.29, 1.82) is 0 Å². The fourth-order valence-corrected chi connectivity index (χ4v) is 3.73. The molecule has 1 atom stereocenters. The quantitative estimate of drug-likeness (QED) is 0.648. The van der Waals surface area contributed by atoms with Gasteiger partial charge in [0, 0.05) is 37.4 Å². The smallest absolute Gasteiger partial charge is 0.193 e. The van der Waals surface area contributed by atoms with Gasteiger partial charge in [-0.05, 0) is 25.9 Å². The van der Waals surface area contributed by atoms with Gasteiger partial charge in [-0.25, -0.2) is 4.98 Å². The van der Waals surface area contributed by atoms with Crippen LogP contribution >= 0.6 is 11.3 Å². The summed E-state index contributed by atoms with van der Waals surface area (Å²) in [7, 11) is 1.81. The van der Waals surface area contributed by atoms with Gasteiger partial charge in [0.05, 0.1) is 12.2 Å². The molecule has 1 unspecified atom stereocenters. The van der Waals surface area contributed by atoms with Gasteiger partial charge in [-0.15, -0.1) is 11.3 Å². The summed E-state index contributed by atoms with van der Waals surface area (Å²) in [6, 6.07) is 0.626. The van der Waals surface area contributed by atoms with E-state index in [1.807, 2.05) is 18.6 Å². The second-order valence-electron chi connectivity index (χ2n) is 5.56. The van der Waals surface area contributed by atoms with Crippen molar-refractivity contribution in [3.63, 3.8) is 0 Å². The maximum absolute atomic E-state index is 4.57. The van der Waals surface area contributed by atoms with Crippen LogP contribution in [0.5, 0.6) is 0 Å². The average molecular weight is 320 g/mol. The lowest BCUT2D eigenvalue weighted by Crippen LogP contribution is -2.44. The van der Waals surface area contributed by atoms with Gasteiger partial charge in [-0.2, -0.15) is 0 Å². The van der Waals surface area contributed by atoms with E-state index in [1.165, 1.54) is 19.4 Å². The number of aromatic nitrogens is 2. The Kier molecular flexibility index (Phi) is 4.94. The molecule has 3 rings (SSSR count). The van der Waals surface area contributed by atoms with Crippen molar-refractivity contribution >= 4 is 22.3 Å². The SMILES string of the molecule is CCN1CCCC1CNC(=NC)NCc1cn2ccsc2n1. The number of guanidine groups is 1. The summed E-state index contributed by atoms with van der Waals surface area (Å²) >= 11 is 1.65. The van der Waals surface area contributed by atoms with Gasteiger partial charge in [-0.1, -0.05) is 6.92 Å². The van der Waals surface area contributed by atoms with E-state index in [0.717, 1.165) is 29.7 Å². The van der Waals surface area contributed by atoms with Crippen LogP contribution in [0.15, 0.2) is 22.8 Å². The number of nitrogens with zero attached hydrogens (tertiary/aromatic N) is 4. The highest BCUT2D eigenvalue weighted by Gasteiger charge is 2.22. The monoisotopic (exact) mass is 320 g/mol. The lowest BCUT2D eigenvalue weighted by molar-refractivity contribution is 0.267. The molecule has 7 heteroatoms. The Morgan fingerprint density at radius 1 is 1.50 bits per heavy atom. The summed E-state index contributed by atoms with van der Waals surface area (Å²) in [5.41, 5.74) is 1.03. The molecule has 0 aliphatic carbocycles. The van der Waals surface area contributed by atoms with Crippen LogP contribution in [0.3, 0.4) is 0 Å². The first-order valence-corrected chi connectivity index (χ1v) is 8.77. The summed E-state index contributed by atoms with van der Waals surface area (Å²) in [6.45, 7) is 6.22. The highest BCUT2D eigenvalue weighted by molar-refractivity contribution is 7.15. The number of likely N-dealkylation sites (tertiary alicyclic amines) is 1. The number of rotatable bonds is 5. The first kappa shape index (κ1) is 15.3. The van der Waals surface area contributed by atoms with E-state index in [9.17, 15) is 0 Å². The molecule has 0 spiro atoms. The van der Waals surface area contributed by atoms with E-state index >= 15 is 0 Å². The highest BCUT2D eigenvalue weighted by Crippen LogP contribution is 2.15. The molecule has 2 aromatic rings. The van der Waals surface area contributed by atoms with Crippen molar-refractivity contribution in [2.24, 2.45) is 4.99 Å². The average Bonchev–Trinajstić information content (AvgIpc) is 3.22. The maximum Gasteiger partial charge on any atom is 0.193 e. The Hall–Kier alpha value is -1.60. The molecular weight excluding hydrogens is 296 g/mol. The molecule has 0 aromatic carbocycles. The molecule has 2 N–H and O–H groups in total. The first-order valence-electron chi connectivity index (χ1n) is 7.89. The number of nitrogens with one attached hydrogen (secondary N) is 2. The minimum atomic E-state index is 0.626. The normalized spacial score (nSPS) is 19.9. The van der Waals surface area contributed by atoms with Crippen LogP contribution in [0, 0.1) is 0 Å². The standard InChI is InChI=1S/C15H24N6S/c1-3-20-6-4-5-13(20)10-18-14(16-2)17-9-12-11-21-7-8-22-15(21)19-12/h7-8,11,13H,3-6,9-10H2,1-2H3,(H2,16,17,18). The summed E-state index contributed by atoms with van der Waals surface area (Å²) in [4.78, 5) is 12.4. The number of fused-ring (bicyclic) bond motifs is 1. The molecule has 3 heterocycles. The molecule has 1 saturated heterocycles. The first-order chi connectivity index (χ1) is 10.8. The zero-order valence-corrected chi connectivity index (χ0v) is 14.1. The molecular formula is C15H24N6S. The molecule has 1 aliphatic rings. The molecule has 0 radical (unpaired) electrons. The Morgan fingerprint density at radius 3 is 3.18 bits per heavy atom. The zero-order chi connectivity index (χ0) is 15.4. The zero-order valence-electron chi connectivity index (χ0n) is 13.2. The number of aliphatic imine (C=N–C) groups is 1. The van der Waals surface area contributed by atoms with E-state index < -0.39 is 0 Å². The van der Waals surface area contributed by atoms with Gasteiger partial charge < -0.3 is 10.6 Å². The maximum atomic E-state index is 4.57. The van der Waals surface area contributed by atoms with Crippen LogP contribution in [-0.4, -0.2) is 53.0 Å². The van der Waals surface area contributed by atoms with Gasteiger partial charge in [0.15, 0.2) is 10.9 Å². The van der Waals surface area contributed by atoms with E-state index in [2.05, 4.69) is 43.0 Å². The van der Waals surface area contributed by atoms with Gasteiger partial charge in [0.2, 0.25) is 0 Å². The summed E-state index contributed by atoms with van der Waals surface area (Å²) < 4.78 is 2.05. The Morgan fingerprint density at radius 2 is 2.41 bits per heavy atom. The van der Waals surface area contributed by atoms with Crippen LogP contribution in [0.25, 0.3) is 4.96 Å². The third kappa shape index (κ3) is 3.41. The van der Waals surface area contributed by atoms with Crippen LogP contribution in [-0.2, 0) is 6.54 Å². The lowest BCUT2D eigenvalue weighted by atomic mass is 10.2. The van der Waals surface area contributed by atoms with Gasteiger partial charge in [-0.3, -0.25) is 14.3 Å². The third-order valence-corrected chi connectivity index (χ3v) is 4.98. The number of likely N-dealkylation sites (N-methyl/N-ethyl adjacent to an activating group) is 1. The van der Waals surface area contributed by atoms with Crippen LogP contribution < -0.4 is 10.6 Å². The van der Waals surface area contributed by atoms with Gasteiger partial charge >= 0.3 is 0 Å². The van der Waals surface area contributed by atoms with E-state index in [0.29, 0.717) is 12.6 Å². The second-order valence-corrected chi connectivity index (χ2v) is 6.43. The molecule has 0 saturated carbocycles. The molecule has 1 fully saturated rings. The van der Waals surface area contributed by atoms with Crippen molar-refractivity contribution in [2.45, 2.75) is 32.4 Å². The van der Waals surface area contributed by atoms with E-state index in [-0.39, 0.29) is 0 Å². The number of hydrogen-bond acceptors (Lipinski definition) is 4.